The van der Waals surface area contributed by atoms with Crippen LogP contribution in [0.25, 0.3) is 55.6 Å². The van der Waals surface area contributed by atoms with Gasteiger partial charge < -0.3 is 15.2 Å². The highest BCUT2D eigenvalue weighted by molar-refractivity contribution is 6.01. The Kier molecular flexibility index (Phi) is 5.86. The molecule has 2 aromatic carbocycles. The van der Waals surface area contributed by atoms with E-state index in [1.807, 2.05) is 50.5 Å². The van der Waals surface area contributed by atoms with E-state index in [4.69, 9.17) is 0 Å². The van der Waals surface area contributed by atoms with Crippen LogP contribution in [0, 0.1) is 5.82 Å². The first-order chi connectivity index (χ1) is 18.0. The Morgan fingerprint density at radius 3 is 2.68 bits per heavy atom. The molecule has 0 fully saturated rings. The van der Waals surface area contributed by atoms with Crippen molar-refractivity contribution in [3.05, 3.63) is 85.1 Å². The third kappa shape index (κ3) is 4.54. The topological polar surface area (TPSA) is 85.5 Å². The Hall–Kier alpha value is -4.56. The molecule has 4 aromatic heterocycles. The number of halogens is 1. The van der Waals surface area contributed by atoms with Gasteiger partial charge in [-0.3, -0.25) is 15.1 Å². The van der Waals surface area contributed by atoms with Crippen molar-refractivity contribution in [2.45, 2.75) is 0 Å². The largest absolute Gasteiger partial charge is 0.384 e. The van der Waals surface area contributed by atoms with Crippen molar-refractivity contribution in [1.29, 1.82) is 0 Å². The molecule has 3 N–H and O–H groups in total. The quantitative estimate of drug-likeness (QED) is 0.257. The number of hydrogen-bond donors (Lipinski definition) is 3. The summed E-state index contributed by atoms with van der Waals surface area (Å²) in [7, 11) is 4.02. The number of pyridine rings is 2. The fourth-order valence-electron chi connectivity index (χ4n) is 4.59. The molecule has 7 nitrogen and oxygen atoms in total. The van der Waals surface area contributed by atoms with Gasteiger partial charge in [-0.25, -0.2) is 4.39 Å². The zero-order chi connectivity index (χ0) is 25.4. The summed E-state index contributed by atoms with van der Waals surface area (Å²) in [5.41, 5.74) is 7.73. The third-order valence-corrected chi connectivity index (χ3v) is 6.42. The van der Waals surface area contributed by atoms with Crippen molar-refractivity contribution >= 4 is 27.5 Å². The summed E-state index contributed by atoms with van der Waals surface area (Å²) in [5, 5.41) is 13.0. The van der Waals surface area contributed by atoms with E-state index in [2.05, 4.69) is 47.5 Å². The van der Waals surface area contributed by atoms with Crippen LogP contribution in [0.5, 0.6) is 0 Å². The standard InChI is InChI=1S/C29H26FN7/c1-37(2)10-9-32-21-12-19(11-20(30)14-21)24-16-31-17-28-22(24)15-27(34-28)29-23-13-18(6-7-26(23)35-36-29)25-5-3-4-8-33-25/h3-8,11-17,32,34H,9-10H2,1-2H3,(H,35,36). The maximum Gasteiger partial charge on any atom is 0.125 e. The van der Waals surface area contributed by atoms with E-state index >= 15 is 0 Å². The predicted molar refractivity (Wildman–Crippen MR) is 147 cm³/mol. The first-order valence-corrected chi connectivity index (χ1v) is 12.1. The number of nitrogens with one attached hydrogen (secondary N) is 3. The van der Waals surface area contributed by atoms with Gasteiger partial charge in [0.25, 0.3) is 0 Å². The maximum atomic E-state index is 14.6. The van der Waals surface area contributed by atoms with Gasteiger partial charge >= 0.3 is 0 Å². The highest BCUT2D eigenvalue weighted by Crippen LogP contribution is 2.35. The SMILES string of the molecule is CN(C)CCNc1cc(F)cc(-c2cncc3[nH]c(-c4n[nH]c5ccc(-c6ccccn6)cc45)cc23)c1. The molecule has 6 rings (SSSR count). The Labute approximate surface area is 213 Å². The van der Waals surface area contributed by atoms with E-state index in [-0.39, 0.29) is 5.82 Å². The van der Waals surface area contributed by atoms with Crippen LogP contribution in [0.2, 0.25) is 0 Å². The Morgan fingerprint density at radius 1 is 0.919 bits per heavy atom. The summed E-state index contributed by atoms with van der Waals surface area (Å²) in [6.45, 7) is 1.57. The van der Waals surface area contributed by atoms with Gasteiger partial charge in [0.05, 0.1) is 28.6 Å². The number of fused-ring (bicyclic) bond motifs is 2. The van der Waals surface area contributed by atoms with Crippen molar-refractivity contribution in [2.24, 2.45) is 0 Å². The van der Waals surface area contributed by atoms with Crippen molar-refractivity contribution in [3.63, 3.8) is 0 Å². The van der Waals surface area contributed by atoms with E-state index in [9.17, 15) is 4.39 Å². The molecule has 37 heavy (non-hydrogen) atoms. The molecule has 0 radical (unpaired) electrons. The third-order valence-electron chi connectivity index (χ3n) is 6.42. The van der Waals surface area contributed by atoms with Crippen molar-refractivity contribution < 1.29 is 4.39 Å². The van der Waals surface area contributed by atoms with E-state index < -0.39 is 0 Å². The number of anilines is 1. The van der Waals surface area contributed by atoms with Crippen LogP contribution in [-0.4, -0.2) is 57.2 Å². The molecule has 8 heteroatoms. The van der Waals surface area contributed by atoms with E-state index in [0.717, 1.165) is 74.4 Å². The molecule has 0 atom stereocenters. The number of aromatic nitrogens is 5. The van der Waals surface area contributed by atoms with Crippen molar-refractivity contribution in [3.8, 4) is 33.8 Å². The van der Waals surface area contributed by atoms with Crippen LogP contribution in [0.15, 0.2) is 79.3 Å². The number of nitrogens with zero attached hydrogens (tertiary/aromatic N) is 4. The van der Waals surface area contributed by atoms with Crippen LogP contribution in [-0.2, 0) is 0 Å². The highest BCUT2D eigenvalue weighted by Gasteiger charge is 2.15. The van der Waals surface area contributed by atoms with Gasteiger partial charge in [-0.1, -0.05) is 12.1 Å². The van der Waals surface area contributed by atoms with Gasteiger partial charge in [-0.2, -0.15) is 5.10 Å². The van der Waals surface area contributed by atoms with Gasteiger partial charge in [0.15, 0.2) is 0 Å². The molecule has 0 aliphatic carbocycles. The van der Waals surface area contributed by atoms with Crippen LogP contribution in [0.3, 0.4) is 0 Å². The van der Waals surface area contributed by atoms with Gasteiger partial charge in [0.2, 0.25) is 0 Å². The van der Waals surface area contributed by atoms with E-state index in [1.165, 1.54) is 6.07 Å². The lowest BCUT2D eigenvalue weighted by Crippen LogP contribution is -2.20. The monoisotopic (exact) mass is 491 g/mol. The fourth-order valence-corrected chi connectivity index (χ4v) is 4.59. The minimum atomic E-state index is -0.294. The lowest BCUT2D eigenvalue weighted by molar-refractivity contribution is 0.425. The minimum absolute atomic E-state index is 0.294. The highest BCUT2D eigenvalue weighted by atomic mass is 19.1. The number of likely N-dealkylation sites (N-methyl/N-ethyl adjacent to an activating group) is 1. The lowest BCUT2D eigenvalue weighted by Gasteiger charge is -2.13. The molecule has 0 aliphatic rings. The zero-order valence-corrected chi connectivity index (χ0v) is 20.6. The number of H-pyrrole nitrogens is 2. The number of rotatable bonds is 7. The molecule has 0 bridgehead atoms. The van der Waals surface area contributed by atoms with Gasteiger partial charge in [0, 0.05) is 53.1 Å². The molecule has 4 heterocycles. The molecule has 0 amide bonds. The predicted octanol–water partition coefficient (Wildman–Crippen LogP) is 5.95. The summed E-state index contributed by atoms with van der Waals surface area (Å²) in [6.07, 6.45) is 5.35. The Bertz CT molecular complexity index is 1700. The lowest BCUT2D eigenvalue weighted by atomic mass is 10.0. The first kappa shape index (κ1) is 22.9. The summed E-state index contributed by atoms with van der Waals surface area (Å²) in [6, 6.07) is 19.1. The number of hydrogen-bond acceptors (Lipinski definition) is 5. The van der Waals surface area contributed by atoms with Crippen molar-refractivity contribution in [1.82, 2.24) is 30.0 Å². The van der Waals surface area contributed by atoms with Gasteiger partial charge in [-0.05, 0) is 68.2 Å². The second kappa shape index (κ2) is 9.48. The van der Waals surface area contributed by atoms with Crippen LogP contribution < -0.4 is 5.32 Å². The molecule has 0 saturated heterocycles. The fraction of sp³-hybridized carbons (Fsp3) is 0.138. The Balaban J connectivity index is 1.41. The van der Waals surface area contributed by atoms with Crippen LogP contribution in [0.1, 0.15) is 0 Å². The average molecular weight is 492 g/mol. The normalized spacial score (nSPS) is 11.6. The van der Waals surface area contributed by atoms with E-state index in [1.54, 1.807) is 24.7 Å². The number of benzene rings is 2. The average Bonchev–Trinajstić information content (AvgIpc) is 3.52. The van der Waals surface area contributed by atoms with Crippen LogP contribution >= 0.6 is 0 Å². The van der Waals surface area contributed by atoms with Crippen LogP contribution in [0.4, 0.5) is 10.1 Å². The minimum Gasteiger partial charge on any atom is -0.384 e. The maximum absolute atomic E-state index is 14.6. The van der Waals surface area contributed by atoms with Gasteiger partial charge in [0.1, 0.15) is 11.5 Å². The zero-order valence-electron chi connectivity index (χ0n) is 20.6. The van der Waals surface area contributed by atoms with Crippen molar-refractivity contribution in [2.75, 3.05) is 32.5 Å². The second-order valence-electron chi connectivity index (χ2n) is 9.34. The molecule has 6 aromatic rings. The smallest absolute Gasteiger partial charge is 0.125 e. The van der Waals surface area contributed by atoms with E-state index in [0.29, 0.717) is 0 Å². The Morgan fingerprint density at radius 2 is 1.84 bits per heavy atom. The molecule has 0 spiro atoms. The molecular weight excluding hydrogens is 465 g/mol. The summed E-state index contributed by atoms with van der Waals surface area (Å²) < 4.78 is 14.6. The molecule has 0 aliphatic heterocycles. The van der Waals surface area contributed by atoms with Gasteiger partial charge in [-0.15, -0.1) is 0 Å². The molecule has 0 unspecified atom stereocenters. The summed E-state index contributed by atoms with van der Waals surface area (Å²) >= 11 is 0. The summed E-state index contributed by atoms with van der Waals surface area (Å²) in [5.74, 6) is -0.294. The molecule has 184 valence electrons. The summed E-state index contributed by atoms with van der Waals surface area (Å²) in [4.78, 5) is 14.4. The molecular formula is C29H26FN7. The number of aromatic amines is 2. The second-order valence-corrected chi connectivity index (χ2v) is 9.34. The molecule has 0 saturated carbocycles. The first-order valence-electron chi connectivity index (χ1n) is 12.1.